The van der Waals surface area contributed by atoms with Gasteiger partial charge in [0, 0.05) is 87.3 Å². The van der Waals surface area contributed by atoms with E-state index in [1.807, 2.05) is 41.5 Å². The summed E-state index contributed by atoms with van der Waals surface area (Å²) >= 11 is 0. The quantitative estimate of drug-likeness (QED) is 0.0249. The van der Waals surface area contributed by atoms with Crippen molar-refractivity contribution < 1.29 is 53.4 Å². The smallest absolute Gasteiger partial charge is 0.224 e. The summed E-state index contributed by atoms with van der Waals surface area (Å²) < 4.78 is 0. The number of guanidine groups is 3. The van der Waals surface area contributed by atoms with E-state index >= 15 is 0 Å². The van der Waals surface area contributed by atoms with Crippen molar-refractivity contribution in [1.82, 2.24) is 31.2 Å². The fourth-order valence-electron chi connectivity index (χ4n) is 10.1. The van der Waals surface area contributed by atoms with Crippen LogP contribution in [0.4, 0.5) is 0 Å². The second-order valence-electron chi connectivity index (χ2n) is 23.5. The number of nitrogens with zero attached hydrogens (tertiary/aromatic N) is 4. The molecule has 27 heteroatoms. The van der Waals surface area contributed by atoms with E-state index in [0.717, 1.165) is 5.56 Å². The van der Waals surface area contributed by atoms with E-state index in [0.29, 0.717) is 25.0 Å². The Morgan fingerprint density at radius 3 is 1.43 bits per heavy atom. The lowest BCUT2D eigenvalue weighted by Gasteiger charge is -2.27. The Kier molecular flexibility index (Phi) is 34.3. The summed E-state index contributed by atoms with van der Waals surface area (Å²) in [6.07, 6.45) is 3.74. The number of nitrogens with one attached hydrogen (secondary N) is 5. The van der Waals surface area contributed by atoms with Crippen LogP contribution < -0.4 is 61.4 Å². The number of Topliss-reactive ketones (excluding diaryl/α,β-unsaturated/α-hetero) is 4. The van der Waals surface area contributed by atoms with Gasteiger partial charge in [-0.3, -0.25) is 58.1 Å². The van der Waals surface area contributed by atoms with Crippen molar-refractivity contribution in [2.45, 2.75) is 175 Å². The van der Waals surface area contributed by atoms with Crippen molar-refractivity contribution in [3.05, 3.63) is 48.0 Å². The summed E-state index contributed by atoms with van der Waals surface area (Å²) in [5.41, 5.74) is 40.5. The van der Waals surface area contributed by atoms with Gasteiger partial charge in [-0.1, -0.05) is 67.0 Å². The largest absolute Gasteiger partial charge is 0.508 e. The highest BCUT2D eigenvalue weighted by molar-refractivity contribution is 5.98. The topological polar surface area (TPSA) is 490 Å². The molecule has 21 N–H and O–H groups in total. The molecule has 0 aliphatic carbocycles. The third-order valence-electron chi connectivity index (χ3n) is 15.2. The Morgan fingerprint density at radius 2 is 0.966 bits per heavy atom. The van der Waals surface area contributed by atoms with Crippen LogP contribution in [0.2, 0.25) is 0 Å². The molecule has 0 aliphatic heterocycles. The number of imidazole rings is 1. The molecule has 486 valence electrons. The van der Waals surface area contributed by atoms with Crippen LogP contribution in [0.15, 0.2) is 51.8 Å². The van der Waals surface area contributed by atoms with Gasteiger partial charge >= 0.3 is 0 Å². The van der Waals surface area contributed by atoms with E-state index in [1.54, 1.807) is 19.1 Å². The number of aromatic nitrogens is 2. The molecule has 87 heavy (non-hydrogen) atoms. The Hall–Kier alpha value is -7.97. The number of H-pyrrole nitrogens is 1. The van der Waals surface area contributed by atoms with Gasteiger partial charge in [-0.25, -0.2) is 4.98 Å². The van der Waals surface area contributed by atoms with Crippen molar-refractivity contribution in [2.24, 2.45) is 102 Å². The Morgan fingerprint density at radius 1 is 0.529 bits per heavy atom. The zero-order valence-electron chi connectivity index (χ0n) is 51.9. The number of hydrogen-bond acceptors (Lipinski definition) is 15. The Bertz CT molecular complexity index is 2600. The van der Waals surface area contributed by atoms with Gasteiger partial charge in [0.25, 0.3) is 0 Å². The number of aromatic amines is 1. The molecule has 0 saturated carbocycles. The highest BCUT2D eigenvalue weighted by Gasteiger charge is 2.37. The van der Waals surface area contributed by atoms with Gasteiger partial charge in [-0.2, -0.15) is 0 Å². The second-order valence-corrected chi connectivity index (χ2v) is 23.5. The number of carbonyl (C=O) groups is 9. The molecule has 1 aromatic carbocycles. The molecule has 5 amide bonds. The fourth-order valence-corrected chi connectivity index (χ4v) is 10.1. The first-order valence-corrected chi connectivity index (χ1v) is 30.2. The monoisotopic (exact) mass is 1220 g/mol. The minimum Gasteiger partial charge on any atom is -0.508 e. The van der Waals surface area contributed by atoms with Gasteiger partial charge in [0.2, 0.25) is 29.5 Å². The summed E-state index contributed by atoms with van der Waals surface area (Å²) in [4.78, 5) is 146. The number of aliphatic imine (C=N–C) groups is 3. The summed E-state index contributed by atoms with van der Waals surface area (Å²) in [6.45, 7) is 12.4. The van der Waals surface area contributed by atoms with E-state index < -0.39 is 126 Å². The molecule has 0 spiro atoms. The lowest BCUT2D eigenvalue weighted by molar-refractivity contribution is -0.136. The van der Waals surface area contributed by atoms with Crippen molar-refractivity contribution in [3.8, 4) is 5.75 Å². The van der Waals surface area contributed by atoms with Gasteiger partial charge in [0.1, 0.15) is 11.8 Å². The number of benzene rings is 1. The van der Waals surface area contributed by atoms with Crippen molar-refractivity contribution >= 4 is 70.5 Å². The molecule has 27 nitrogen and oxygen atoms in total. The van der Waals surface area contributed by atoms with Crippen molar-refractivity contribution in [2.75, 3.05) is 26.2 Å². The summed E-state index contributed by atoms with van der Waals surface area (Å²) in [6, 6.07) is 1.56. The van der Waals surface area contributed by atoms with E-state index in [1.165, 1.54) is 24.7 Å². The minimum atomic E-state index is -1.38. The standard InChI is InChI=1S/C60H100N16O11/c1-8-36(7)44(53(61)83)30-52(82)48(32-77)76-56(86)40(23-34(3)4)28-51(81)47(24-35(5)6)75-55(85)39(13-10-20-69-58(62)63)27-49(79)45(14-11-21-70-59(64)65)74-57(87)41(26-42-31-68-33-72-42)29-50(80)46(15-12-22-71-60(66)67)73-54(84)38(9-2)25-37-16-18-43(78)19-17-37/h16-19,31,33-36,38-41,44-48,77-78H,8-15,20-30,32H2,1-7H3,(H2,61,83)(H,68,72)(H,73,84)(H,74,87)(H,75,85)(H,76,86)(H4,62,63,69)(H4,64,65,70)(H4,66,67,71)/t36-,38-,39+,40+,41+,44-,45-,46-,47-,48+/m0/s1. The van der Waals surface area contributed by atoms with E-state index in [4.69, 9.17) is 40.1 Å². The average Bonchev–Trinajstić information content (AvgIpc) is 3.38. The number of rotatable bonds is 45. The van der Waals surface area contributed by atoms with Crippen LogP contribution in [0.3, 0.4) is 0 Å². The molecule has 0 bridgehead atoms. The van der Waals surface area contributed by atoms with Gasteiger partial charge < -0.3 is 76.6 Å². The summed E-state index contributed by atoms with van der Waals surface area (Å²) in [7, 11) is 0. The molecule has 0 aliphatic rings. The molecular formula is C60H100N16O11. The third kappa shape index (κ3) is 29.3. The van der Waals surface area contributed by atoms with Crippen LogP contribution >= 0.6 is 0 Å². The van der Waals surface area contributed by atoms with Gasteiger partial charge in [0.15, 0.2) is 41.0 Å². The number of aromatic hydroxyl groups is 1. The van der Waals surface area contributed by atoms with E-state index in [-0.39, 0.29) is 132 Å². The zero-order valence-corrected chi connectivity index (χ0v) is 51.9. The molecule has 2 aromatic rings. The normalized spacial score (nSPS) is 14.7. The molecular weight excluding hydrogens is 1120 g/mol. The second kappa shape index (κ2) is 39.7. The number of nitrogens with two attached hydrogens (primary N) is 7. The van der Waals surface area contributed by atoms with Crippen molar-refractivity contribution in [1.29, 1.82) is 0 Å². The first-order chi connectivity index (χ1) is 41.1. The van der Waals surface area contributed by atoms with Crippen LogP contribution in [-0.2, 0) is 56.0 Å². The van der Waals surface area contributed by atoms with Crippen molar-refractivity contribution in [3.63, 3.8) is 0 Å². The number of carbonyl (C=O) groups excluding carboxylic acids is 9. The van der Waals surface area contributed by atoms with E-state index in [2.05, 4.69) is 46.2 Å². The number of primary amides is 1. The minimum absolute atomic E-state index is 0.0165. The number of phenols is 1. The summed E-state index contributed by atoms with van der Waals surface area (Å²) in [5, 5.41) is 31.3. The maximum atomic E-state index is 14.8. The molecule has 0 unspecified atom stereocenters. The zero-order chi connectivity index (χ0) is 65.3. The molecule has 1 heterocycles. The first-order valence-electron chi connectivity index (χ1n) is 30.2. The lowest BCUT2D eigenvalue weighted by Crippen LogP contribution is -2.50. The van der Waals surface area contributed by atoms with Gasteiger partial charge in [-0.05, 0) is 99.7 Å². The molecule has 1 aromatic heterocycles. The number of hydrogen-bond donors (Lipinski definition) is 14. The Balaban J connectivity index is 2.57. The highest BCUT2D eigenvalue weighted by Crippen LogP contribution is 2.25. The summed E-state index contributed by atoms with van der Waals surface area (Å²) in [5.74, 6) is -11.0. The van der Waals surface area contributed by atoms with Crippen LogP contribution in [0.1, 0.15) is 150 Å². The van der Waals surface area contributed by atoms with E-state index in [9.17, 15) is 53.4 Å². The predicted molar refractivity (Wildman–Crippen MR) is 332 cm³/mol. The Labute approximate surface area is 511 Å². The van der Waals surface area contributed by atoms with Gasteiger partial charge in [-0.15, -0.1) is 0 Å². The van der Waals surface area contributed by atoms with Crippen LogP contribution in [0, 0.1) is 47.3 Å². The molecule has 0 saturated heterocycles. The molecule has 10 atom stereocenters. The molecule has 0 fully saturated rings. The maximum Gasteiger partial charge on any atom is 0.224 e. The highest BCUT2D eigenvalue weighted by atomic mass is 16.3. The van der Waals surface area contributed by atoms with Crippen LogP contribution in [0.5, 0.6) is 5.75 Å². The molecule has 0 radical (unpaired) electrons. The van der Waals surface area contributed by atoms with Gasteiger partial charge in [0.05, 0.1) is 37.0 Å². The number of amides is 5. The number of phenolic OH excluding ortho intramolecular Hbond substituents is 1. The number of aliphatic hydroxyl groups excluding tert-OH is 1. The lowest BCUT2D eigenvalue weighted by atomic mass is 9.85. The first kappa shape index (κ1) is 75.1. The maximum absolute atomic E-state index is 14.8. The van der Waals surface area contributed by atoms with Crippen LogP contribution in [0.25, 0.3) is 0 Å². The number of ketones is 4. The fraction of sp³-hybridized carbons (Fsp3) is 0.650. The average molecular weight is 1220 g/mol. The SMILES string of the molecule is CC[C@@H](Cc1ccc(O)cc1)C(=O)N[C@@H](CCCN=C(N)N)C(=O)C[C@@H](Cc1cnc[nH]1)C(=O)N[C@@H](CCCN=C(N)N)C(=O)C[C@@H](CCCN=C(N)N)C(=O)N[C@@H](CC(C)C)C(=O)C[C@@H](CC(C)C)C(=O)N[C@H](CO)C(=O)C[C@H](C(N)=O)[C@@H](C)CC. The van der Waals surface area contributed by atoms with Crippen LogP contribution in [-0.4, -0.2) is 141 Å². The predicted octanol–water partition coefficient (Wildman–Crippen LogP) is 0.944. The third-order valence-corrected chi connectivity index (χ3v) is 15.2. The number of aliphatic hydroxyl groups is 1. The molecule has 2 rings (SSSR count).